The van der Waals surface area contributed by atoms with Crippen molar-refractivity contribution in [3.8, 4) is 0 Å². The number of halogens is 1. The molecule has 0 radical (unpaired) electrons. The molecule has 0 saturated carbocycles. The average molecular weight is 230 g/mol. The van der Waals surface area contributed by atoms with Crippen molar-refractivity contribution in [1.29, 1.82) is 0 Å². The average Bonchev–Trinajstić information content (AvgIpc) is 2.27. The fraction of sp³-hybridized carbons (Fsp3) is 0.667. The van der Waals surface area contributed by atoms with Gasteiger partial charge in [-0.1, -0.05) is 13.8 Å². The normalized spacial score (nSPS) is 10.1. The second-order valence-corrected chi connectivity index (χ2v) is 3.53. The fourth-order valence-electron chi connectivity index (χ4n) is 1.02. The van der Waals surface area contributed by atoms with Crippen molar-refractivity contribution < 1.29 is 0 Å². The van der Waals surface area contributed by atoms with Gasteiger partial charge in [0, 0.05) is 24.9 Å². The van der Waals surface area contributed by atoms with E-state index in [1.807, 2.05) is 6.92 Å². The van der Waals surface area contributed by atoms with Crippen LogP contribution in [-0.4, -0.2) is 28.0 Å². The van der Waals surface area contributed by atoms with Crippen LogP contribution in [0.1, 0.15) is 26.7 Å². The molecule has 84 valence electrons. The Kier molecular flexibility index (Phi) is 5.10. The van der Waals surface area contributed by atoms with Crippen LogP contribution < -0.4 is 9.74 Å². The van der Waals surface area contributed by atoms with Gasteiger partial charge in [-0.05, 0) is 12.8 Å². The van der Waals surface area contributed by atoms with Crippen molar-refractivity contribution in [2.75, 3.05) is 22.8 Å². The van der Waals surface area contributed by atoms with Crippen molar-refractivity contribution in [3.63, 3.8) is 0 Å². The van der Waals surface area contributed by atoms with Crippen LogP contribution in [0, 0.1) is 0 Å². The smallest absolute Gasteiger partial charge is 0.244 e. The van der Waals surface area contributed by atoms with E-state index in [9.17, 15) is 0 Å². The quantitative estimate of drug-likeness (QED) is 0.757. The summed E-state index contributed by atoms with van der Waals surface area (Å²) in [5.74, 6) is 1.07. The Morgan fingerprint density at radius 1 is 1.33 bits per heavy atom. The van der Waals surface area contributed by atoms with Crippen LogP contribution >= 0.6 is 11.8 Å². The minimum absolute atomic E-state index is 0.493. The van der Waals surface area contributed by atoms with E-state index in [2.05, 4.69) is 27.2 Å². The first-order chi connectivity index (χ1) is 7.27. The molecule has 15 heavy (non-hydrogen) atoms. The molecule has 1 aromatic rings. The molecule has 0 bridgehead atoms. The predicted molar refractivity (Wildman–Crippen MR) is 62.1 cm³/mol. The highest BCUT2D eigenvalue weighted by Crippen LogP contribution is 2.11. The Labute approximate surface area is 95.0 Å². The molecule has 0 aliphatic heterocycles. The lowest BCUT2D eigenvalue weighted by atomic mass is 10.5. The van der Waals surface area contributed by atoms with Gasteiger partial charge in [-0.3, -0.25) is 4.42 Å². The first-order valence-corrected chi connectivity index (χ1v) is 5.48. The second kappa shape index (κ2) is 6.40. The second-order valence-electron chi connectivity index (χ2n) is 3.12. The molecule has 6 heteroatoms. The summed E-state index contributed by atoms with van der Waals surface area (Å²) in [6, 6.07) is 0. The molecule has 1 heterocycles. The summed E-state index contributed by atoms with van der Waals surface area (Å²) in [4.78, 5) is 12.2. The molecule has 0 spiro atoms. The monoisotopic (exact) mass is 229 g/mol. The lowest BCUT2D eigenvalue weighted by Crippen LogP contribution is -2.15. The Hall–Kier alpha value is -1.10. The molecule has 1 N–H and O–H groups in total. The van der Waals surface area contributed by atoms with E-state index in [0.29, 0.717) is 11.9 Å². The molecule has 5 nitrogen and oxygen atoms in total. The maximum atomic E-state index is 5.97. The SMILES string of the molecule is CCCNc1ncnc(N(Cl)CCC)n1. The van der Waals surface area contributed by atoms with E-state index in [4.69, 9.17) is 11.8 Å². The van der Waals surface area contributed by atoms with E-state index >= 15 is 0 Å². The highest BCUT2D eigenvalue weighted by Gasteiger charge is 2.06. The summed E-state index contributed by atoms with van der Waals surface area (Å²) in [5.41, 5.74) is 0. The zero-order valence-electron chi connectivity index (χ0n) is 9.07. The topological polar surface area (TPSA) is 53.9 Å². The van der Waals surface area contributed by atoms with Gasteiger partial charge in [-0.2, -0.15) is 4.98 Å². The molecular formula is C9H16ClN5. The molecule has 0 atom stereocenters. The molecular weight excluding hydrogens is 214 g/mol. The maximum absolute atomic E-state index is 5.97. The van der Waals surface area contributed by atoms with E-state index < -0.39 is 0 Å². The van der Waals surface area contributed by atoms with Gasteiger partial charge in [0.05, 0.1) is 0 Å². The maximum Gasteiger partial charge on any atom is 0.244 e. The summed E-state index contributed by atoms with van der Waals surface area (Å²) in [7, 11) is 0. The summed E-state index contributed by atoms with van der Waals surface area (Å²) in [6.45, 7) is 5.70. The van der Waals surface area contributed by atoms with Gasteiger partial charge in [-0.25, -0.2) is 9.97 Å². The third kappa shape index (κ3) is 3.87. The van der Waals surface area contributed by atoms with Crippen LogP contribution in [-0.2, 0) is 0 Å². The summed E-state index contributed by atoms with van der Waals surface area (Å²) >= 11 is 5.97. The standard InChI is InChI=1S/C9H16ClN5/c1-3-5-11-8-12-7-13-9(14-8)15(10)6-4-2/h7H,3-6H2,1-2H3,(H,11,12,13,14). The van der Waals surface area contributed by atoms with Crippen LogP contribution in [0.25, 0.3) is 0 Å². The van der Waals surface area contributed by atoms with E-state index in [0.717, 1.165) is 25.9 Å². The molecule has 1 rings (SSSR count). The Balaban J connectivity index is 2.64. The Morgan fingerprint density at radius 3 is 2.80 bits per heavy atom. The molecule has 1 aromatic heterocycles. The number of anilines is 2. The van der Waals surface area contributed by atoms with Crippen molar-refractivity contribution in [2.24, 2.45) is 0 Å². The Morgan fingerprint density at radius 2 is 2.13 bits per heavy atom. The van der Waals surface area contributed by atoms with Crippen LogP contribution in [0.3, 0.4) is 0 Å². The lowest BCUT2D eigenvalue weighted by Gasteiger charge is -2.12. The van der Waals surface area contributed by atoms with Gasteiger partial charge in [0.2, 0.25) is 11.9 Å². The van der Waals surface area contributed by atoms with E-state index in [1.54, 1.807) is 0 Å². The minimum Gasteiger partial charge on any atom is -0.354 e. The number of hydrogen-bond acceptors (Lipinski definition) is 5. The summed E-state index contributed by atoms with van der Waals surface area (Å²) in [6.07, 6.45) is 3.44. The Bertz CT molecular complexity index is 294. The molecule has 0 aliphatic carbocycles. The van der Waals surface area contributed by atoms with Crippen LogP contribution in [0.2, 0.25) is 0 Å². The van der Waals surface area contributed by atoms with Gasteiger partial charge in [-0.15, -0.1) is 0 Å². The van der Waals surface area contributed by atoms with Gasteiger partial charge < -0.3 is 5.32 Å². The molecule has 0 saturated heterocycles. The van der Waals surface area contributed by atoms with E-state index in [1.165, 1.54) is 10.7 Å². The van der Waals surface area contributed by atoms with Crippen molar-refractivity contribution >= 4 is 23.7 Å². The lowest BCUT2D eigenvalue weighted by molar-refractivity contribution is 0.874. The van der Waals surface area contributed by atoms with E-state index in [-0.39, 0.29) is 0 Å². The van der Waals surface area contributed by atoms with Gasteiger partial charge in [0.25, 0.3) is 0 Å². The third-order valence-corrected chi connectivity index (χ3v) is 2.05. The van der Waals surface area contributed by atoms with Crippen molar-refractivity contribution in [3.05, 3.63) is 6.33 Å². The van der Waals surface area contributed by atoms with Gasteiger partial charge in [0.1, 0.15) is 6.33 Å². The number of aromatic nitrogens is 3. The predicted octanol–water partition coefficient (Wildman–Crippen LogP) is 2.06. The molecule has 0 amide bonds. The summed E-state index contributed by atoms with van der Waals surface area (Å²) in [5, 5.41) is 3.08. The highest BCUT2D eigenvalue weighted by atomic mass is 35.5. The number of rotatable bonds is 6. The van der Waals surface area contributed by atoms with Crippen LogP contribution in [0.5, 0.6) is 0 Å². The minimum atomic E-state index is 0.493. The summed E-state index contributed by atoms with van der Waals surface area (Å²) < 4.78 is 1.50. The zero-order valence-corrected chi connectivity index (χ0v) is 9.83. The number of nitrogens with one attached hydrogen (secondary N) is 1. The molecule has 0 unspecified atom stereocenters. The molecule has 0 fully saturated rings. The number of hydrogen-bond donors (Lipinski definition) is 1. The molecule has 0 aliphatic rings. The molecule has 0 aromatic carbocycles. The van der Waals surface area contributed by atoms with Crippen LogP contribution in [0.15, 0.2) is 6.33 Å². The van der Waals surface area contributed by atoms with Gasteiger partial charge >= 0.3 is 0 Å². The zero-order chi connectivity index (χ0) is 11.1. The van der Waals surface area contributed by atoms with Crippen molar-refractivity contribution in [1.82, 2.24) is 15.0 Å². The van der Waals surface area contributed by atoms with Crippen molar-refractivity contribution in [2.45, 2.75) is 26.7 Å². The van der Waals surface area contributed by atoms with Crippen LogP contribution in [0.4, 0.5) is 11.9 Å². The first kappa shape index (κ1) is 12.0. The fourth-order valence-corrected chi connectivity index (χ4v) is 1.27. The van der Waals surface area contributed by atoms with Gasteiger partial charge in [0.15, 0.2) is 0 Å². The highest BCUT2D eigenvalue weighted by molar-refractivity contribution is 6.24. The first-order valence-electron chi connectivity index (χ1n) is 5.14. The third-order valence-electron chi connectivity index (χ3n) is 1.73. The largest absolute Gasteiger partial charge is 0.354 e. The number of nitrogens with zero attached hydrogens (tertiary/aromatic N) is 4.